The minimum absolute atomic E-state index is 0. The number of rotatable bonds is 5. The fourth-order valence-electron chi connectivity index (χ4n) is 1.19. The van der Waals surface area contributed by atoms with Crippen molar-refractivity contribution in [1.29, 1.82) is 0 Å². The van der Waals surface area contributed by atoms with E-state index in [9.17, 15) is 9.18 Å². The summed E-state index contributed by atoms with van der Waals surface area (Å²) in [6.45, 7) is 3.78. The molecule has 0 radical (unpaired) electrons. The first-order valence-corrected chi connectivity index (χ1v) is 5.44. The maximum absolute atomic E-state index is 12.6. The largest absolute Gasteiger partial charge is 0.489 e. The van der Waals surface area contributed by atoms with Crippen molar-refractivity contribution in [3.63, 3.8) is 0 Å². The average Bonchev–Trinajstić information content (AvgIpc) is 2.29. The van der Waals surface area contributed by atoms with E-state index in [4.69, 9.17) is 10.5 Å². The van der Waals surface area contributed by atoms with E-state index in [1.54, 1.807) is 19.1 Å². The Labute approximate surface area is 112 Å². The van der Waals surface area contributed by atoms with Crippen LogP contribution in [0.15, 0.2) is 24.3 Å². The zero-order valence-corrected chi connectivity index (χ0v) is 11.2. The highest BCUT2D eigenvalue weighted by atomic mass is 35.5. The summed E-state index contributed by atoms with van der Waals surface area (Å²) in [5.41, 5.74) is 5.40. The van der Waals surface area contributed by atoms with E-state index in [2.05, 4.69) is 5.32 Å². The van der Waals surface area contributed by atoms with E-state index in [1.807, 2.05) is 6.92 Å². The second kappa shape index (κ2) is 7.89. The lowest BCUT2D eigenvalue weighted by Crippen LogP contribution is -2.42. The normalized spacial score (nSPS) is 13.1. The summed E-state index contributed by atoms with van der Waals surface area (Å²) in [6.07, 6.45) is -0.205. The van der Waals surface area contributed by atoms with Crippen molar-refractivity contribution >= 4 is 18.3 Å². The fourth-order valence-corrected chi connectivity index (χ4v) is 1.19. The summed E-state index contributed by atoms with van der Waals surface area (Å²) < 4.78 is 18.1. The molecule has 1 aromatic rings. The molecule has 2 atom stereocenters. The van der Waals surface area contributed by atoms with Gasteiger partial charge in [0.05, 0.1) is 12.6 Å². The van der Waals surface area contributed by atoms with E-state index in [0.717, 1.165) is 0 Å². The highest BCUT2D eigenvalue weighted by molar-refractivity contribution is 5.85. The van der Waals surface area contributed by atoms with Crippen molar-refractivity contribution in [3.8, 4) is 5.75 Å². The first-order chi connectivity index (χ1) is 7.99. The number of hydrogen-bond donors (Lipinski definition) is 2. The molecule has 1 aromatic carbocycles. The van der Waals surface area contributed by atoms with Crippen molar-refractivity contribution in [2.45, 2.75) is 26.0 Å². The molecule has 1 rings (SSSR count). The van der Waals surface area contributed by atoms with Gasteiger partial charge < -0.3 is 15.8 Å². The Balaban J connectivity index is 0.00000289. The number of ether oxygens (including phenoxy) is 1. The van der Waals surface area contributed by atoms with Crippen LogP contribution in [0.3, 0.4) is 0 Å². The van der Waals surface area contributed by atoms with Gasteiger partial charge in [0.2, 0.25) is 5.91 Å². The van der Waals surface area contributed by atoms with Gasteiger partial charge in [0.15, 0.2) is 0 Å². The monoisotopic (exact) mass is 276 g/mol. The SMILES string of the molecule is CC(CNC(=O)[C@H](C)N)Oc1ccc(F)cc1.Cl. The fraction of sp³-hybridized carbons (Fsp3) is 0.417. The van der Waals surface area contributed by atoms with Crippen molar-refractivity contribution in [1.82, 2.24) is 5.32 Å². The first-order valence-electron chi connectivity index (χ1n) is 5.44. The van der Waals surface area contributed by atoms with Crippen LogP contribution < -0.4 is 15.8 Å². The molecular formula is C12H18ClFN2O2. The molecular weight excluding hydrogens is 259 g/mol. The van der Waals surface area contributed by atoms with Gasteiger partial charge in [0.1, 0.15) is 17.7 Å². The van der Waals surface area contributed by atoms with Crippen LogP contribution in [0, 0.1) is 5.82 Å². The van der Waals surface area contributed by atoms with Crippen LogP contribution in [0.4, 0.5) is 4.39 Å². The Morgan fingerprint density at radius 2 is 1.94 bits per heavy atom. The lowest BCUT2D eigenvalue weighted by molar-refractivity contribution is -0.122. The van der Waals surface area contributed by atoms with E-state index < -0.39 is 6.04 Å². The van der Waals surface area contributed by atoms with Crippen LogP contribution in [0.25, 0.3) is 0 Å². The van der Waals surface area contributed by atoms with Crippen LogP contribution >= 0.6 is 12.4 Å². The Bertz CT molecular complexity index is 371. The standard InChI is InChI=1S/C12H17FN2O2.ClH/c1-8(7-15-12(16)9(2)14)17-11-5-3-10(13)4-6-11;/h3-6,8-9H,7,14H2,1-2H3,(H,15,16);1H/t8?,9-;/m0./s1. The van der Waals surface area contributed by atoms with Gasteiger partial charge in [-0.3, -0.25) is 4.79 Å². The summed E-state index contributed by atoms with van der Waals surface area (Å²) in [4.78, 5) is 11.2. The number of nitrogens with one attached hydrogen (secondary N) is 1. The molecule has 0 bridgehead atoms. The molecule has 0 aliphatic rings. The number of hydrogen-bond acceptors (Lipinski definition) is 3. The van der Waals surface area contributed by atoms with Crippen LogP contribution in [0.1, 0.15) is 13.8 Å². The zero-order chi connectivity index (χ0) is 12.8. The first kappa shape index (κ1) is 16.7. The molecule has 4 nitrogen and oxygen atoms in total. The van der Waals surface area contributed by atoms with E-state index >= 15 is 0 Å². The van der Waals surface area contributed by atoms with Crippen LogP contribution in [-0.4, -0.2) is 24.6 Å². The molecule has 6 heteroatoms. The summed E-state index contributed by atoms with van der Waals surface area (Å²) in [5, 5.41) is 2.65. The van der Waals surface area contributed by atoms with Crippen molar-refractivity contribution < 1.29 is 13.9 Å². The maximum atomic E-state index is 12.6. The lowest BCUT2D eigenvalue weighted by atomic mass is 10.3. The topological polar surface area (TPSA) is 64.4 Å². The number of nitrogens with two attached hydrogens (primary N) is 1. The molecule has 1 amide bonds. The Kier molecular flexibility index (Phi) is 7.31. The van der Waals surface area contributed by atoms with Gasteiger partial charge >= 0.3 is 0 Å². The number of halogens is 2. The number of carbonyl (C=O) groups is 1. The van der Waals surface area contributed by atoms with Gasteiger partial charge in [-0.2, -0.15) is 0 Å². The molecule has 0 aliphatic carbocycles. The quantitative estimate of drug-likeness (QED) is 0.856. The zero-order valence-electron chi connectivity index (χ0n) is 10.4. The average molecular weight is 277 g/mol. The van der Waals surface area contributed by atoms with Crippen molar-refractivity contribution in [3.05, 3.63) is 30.1 Å². The maximum Gasteiger partial charge on any atom is 0.236 e. The summed E-state index contributed by atoms with van der Waals surface area (Å²) in [7, 11) is 0. The summed E-state index contributed by atoms with van der Waals surface area (Å²) >= 11 is 0. The molecule has 102 valence electrons. The number of amides is 1. The van der Waals surface area contributed by atoms with Gasteiger partial charge in [-0.15, -0.1) is 12.4 Å². The molecule has 18 heavy (non-hydrogen) atoms. The van der Waals surface area contributed by atoms with E-state index in [1.165, 1.54) is 12.1 Å². The molecule has 0 spiro atoms. The van der Waals surface area contributed by atoms with Gasteiger partial charge in [-0.05, 0) is 38.1 Å². The van der Waals surface area contributed by atoms with Crippen molar-refractivity contribution in [2.24, 2.45) is 5.73 Å². The molecule has 0 saturated carbocycles. The molecule has 0 heterocycles. The molecule has 0 fully saturated rings. The molecule has 0 aromatic heterocycles. The molecule has 1 unspecified atom stereocenters. The molecule has 3 N–H and O–H groups in total. The van der Waals surface area contributed by atoms with Gasteiger partial charge in [0.25, 0.3) is 0 Å². The Hall–Kier alpha value is -1.33. The minimum atomic E-state index is -0.534. The predicted molar refractivity (Wildman–Crippen MR) is 70.4 cm³/mol. The second-order valence-electron chi connectivity index (χ2n) is 3.92. The molecule has 0 saturated heterocycles. The van der Waals surface area contributed by atoms with Crippen molar-refractivity contribution in [2.75, 3.05) is 6.54 Å². The third-order valence-electron chi connectivity index (χ3n) is 2.13. The van der Waals surface area contributed by atoms with E-state index in [-0.39, 0.29) is 30.2 Å². The lowest BCUT2D eigenvalue weighted by Gasteiger charge is -2.16. The minimum Gasteiger partial charge on any atom is -0.489 e. The third-order valence-corrected chi connectivity index (χ3v) is 2.13. The highest BCUT2D eigenvalue weighted by Gasteiger charge is 2.09. The van der Waals surface area contributed by atoms with Crippen LogP contribution in [0.2, 0.25) is 0 Å². The Morgan fingerprint density at radius 1 is 1.39 bits per heavy atom. The predicted octanol–water partition coefficient (Wildman–Crippen LogP) is 1.48. The number of carbonyl (C=O) groups excluding carboxylic acids is 1. The van der Waals surface area contributed by atoms with Gasteiger partial charge in [0, 0.05) is 0 Å². The summed E-state index contributed by atoms with van der Waals surface area (Å²) in [5.74, 6) is 0.0313. The second-order valence-corrected chi connectivity index (χ2v) is 3.92. The highest BCUT2D eigenvalue weighted by Crippen LogP contribution is 2.12. The smallest absolute Gasteiger partial charge is 0.236 e. The van der Waals surface area contributed by atoms with Crippen LogP contribution in [0.5, 0.6) is 5.75 Å². The van der Waals surface area contributed by atoms with Gasteiger partial charge in [-0.1, -0.05) is 0 Å². The van der Waals surface area contributed by atoms with Gasteiger partial charge in [-0.25, -0.2) is 4.39 Å². The van der Waals surface area contributed by atoms with E-state index in [0.29, 0.717) is 12.3 Å². The summed E-state index contributed by atoms with van der Waals surface area (Å²) in [6, 6.07) is 5.19. The Morgan fingerprint density at radius 3 is 2.44 bits per heavy atom. The van der Waals surface area contributed by atoms with Crippen LogP contribution in [-0.2, 0) is 4.79 Å². The molecule has 0 aliphatic heterocycles. The number of benzene rings is 1. The third kappa shape index (κ3) is 5.84.